The normalized spacial score (nSPS) is 19.2. The van der Waals surface area contributed by atoms with E-state index < -0.39 is 6.10 Å². The van der Waals surface area contributed by atoms with E-state index in [1.165, 1.54) is 11.1 Å². The van der Waals surface area contributed by atoms with E-state index >= 15 is 0 Å². The molecule has 1 fully saturated rings. The van der Waals surface area contributed by atoms with Gasteiger partial charge in [-0.05, 0) is 90.4 Å². The second-order valence-corrected chi connectivity index (χ2v) is 16.4. The largest absolute Gasteiger partial charge is 0.494 e. The van der Waals surface area contributed by atoms with Crippen molar-refractivity contribution in [3.63, 3.8) is 0 Å². The number of benzene rings is 6. The first-order chi connectivity index (χ1) is 30.1. The molecular formula is C54H60ClNO5. The highest BCUT2D eigenvalue weighted by Crippen LogP contribution is 2.42. The van der Waals surface area contributed by atoms with E-state index in [9.17, 15) is 0 Å². The zero-order valence-corrected chi connectivity index (χ0v) is 36.4. The fourth-order valence-corrected chi connectivity index (χ4v) is 8.62. The molecular weight excluding hydrogens is 778 g/mol. The number of likely N-dealkylation sites (N-methyl/N-ethyl adjacent to an activating group) is 1. The number of nitrogens with zero attached hydrogens (tertiary/aromatic N) is 1. The van der Waals surface area contributed by atoms with Crippen molar-refractivity contribution in [1.82, 2.24) is 4.90 Å². The van der Waals surface area contributed by atoms with Gasteiger partial charge >= 0.3 is 0 Å². The van der Waals surface area contributed by atoms with Crippen LogP contribution in [0.15, 0.2) is 164 Å². The second-order valence-electron chi connectivity index (χ2n) is 16.0. The summed E-state index contributed by atoms with van der Waals surface area (Å²) >= 11 is 7.01. The summed E-state index contributed by atoms with van der Waals surface area (Å²) in [6.07, 6.45) is 3.63. The molecule has 1 heterocycles. The number of rotatable bonds is 22. The molecule has 6 nitrogen and oxygen atoms in total. The molecule has 1 saturated heterocycles. The van der Waals surface area contributed by atoms with Crippen molar-refractivity contribution in [2.75, 3.05) is 20.3 Å². The Morgan fingerprint density at radius 1 is 0.525 bits per heavy atom. The Labute approximate surface area is 368 Å². The molecule has 7 heteroatoms. The Kier molecular flexibility index (Phi) is 17.0. The van der Waals surface area contributed by atoms with E-state index in [0.717, 1.165) is 70.9 Å². The van der Waals surface area contributed by atoms with E-state index in [2.05, 4.69) is 133 Å². The highest BCUT2D eigenvalue weighted by atomic mass is 35.5. The van der Waals surface area contributed by atoms with Gasteiger partial charge in [0.2, 0.25) is 0 Å². The monoisotopic (exact) mass is 837 g/mol. The second kappa shape index (κ2) is 23.4. The minimum atomic E-state index is -0.390. The van der Waals surface area contributed by atoms with Gasteiger partial charge < -0.3 is 23.7 Å². The molecule has 6 aromatic carbocycles. The minimum absolute atomic E-state index is 0.0292. The standard InChI is InChI=1S/C54H60ClNO5/c1-3-58-48-31-28-41(29-32-48)35-47-36-46(30-33-49(47)55)51-53(60-39-44-23-13-6-14-24-44)54(61-40-45-25-15-7-16-26-45)52(59-38-43-21-11-5-12-22-43)50(56(51)2)27-17-8-18-34-57-37-42-19-9-4-10-20-42/h4-7,9-16,19-26,28-33,36,50-54H,3,8,17-18,27,34-35,37-40H2,1-2H3/t50?,51?,52-,53+,54-/m1/s1. The van der Waals surface area contributed by atoms with Crippen LogP contribution in [0.5, 0.6) is 5.75 Å². The zero-order chi connectivity index (χ0) is 42.1. The van der Waals surface area contributed by atoms with Crippen LogP contribution in [-0.2, 0) is 51.8 Å². The molecule has 6 aromatic rings. The molecule has 0 aliphatic carbocycles. The van der Waals surface area contributed by atoms with E-state index in [1.54, 1.807) is 0 Å². The number of unbranched alkanes of at least 4 members (excludes halogenated alkanes) is 2. The fourth-order valence-electron chi connectivity index (χ4n) is 8.43. The Morgan fingerprint density at radius 2 is 1.05 bits per heavy atom. The van der Waals surface area contributed by atoms with E-state index in [-0.39, 0.29) is 24.3 Å². The topological polar surface area (TPSA) is 49.4 Å². The Hall–Kier alpha value is -4.79. The Bertz CT molecular complexity index is 2140. The SMILES string of the molecule is CCOc1ccc(Cc2cc(C3[C@H](OCc4ccccc4)[C@H](OCc4ccccc4)[C@H](OCc4ccccc4)C(CCCCCOCc4ccccc4)N3C)ccc2Cl)cc1. The summed E-state index contributed by atoms with van der Waals surface area (Å²) in [5.74, 6) is 0.865. The summed E-state index contributed by atoms with van der Waals surface area (Å²) in [5, 5.41) is 0.741. The summed E-state index contributed by atoms with van der Waals surface area (Å²) in [6.45, 7) is 5.34. The van der Waals surface area contributed by atoms with Crippen LogP contribution >= 0.6 is 11.6 Å². The zero-order valence-electron chi connectivity index (χ0n) is 35.6. The number of hydrogen-bond acceptors (Lipinski definition) is 6. The van der Waals surface area contributed by atoms with Crippen molar-refractivity contribution < 1.29 is 23.7 Å². The van der Waals surface area contributed by atoms with Gasteiger partial charge in [-0.3, -0.25) is 4.90 Å². The molecule has 0 bridgehead atoms. The van der Waals surface area contributed by atoms with Gasteiger partial charge in [0.05, 0.1) is 39.1 Å². The Balaban J connectivity index is 1.21. The molecule has 0 saturated carbocycles. The smallest absolute Gasteiger partial charge is 0.119 e. The van der Waals surface area contributed by atoms with Gasteiger partial charge in [0.25, 0.3) is 0 Å². The van der Waals surface area contributed by atoms with Gasteiger partial charge in [-0.25, -0.2) is 0 Å². The number of halogens is 1. The fraction of sp³-hybridized carbons (Fsp3) is 0.333. The van der Waals surface area contributed by atoms with Gasteiger partial charge in [0.15, 0.2) is 0 Å². The van der Waals surface area contributed by atoms with E-state index in [4.69, 9.17) is 35.3 Å². The van der Waals surface area contributed by atoms with Crippen LogP contribution in [0.1, 0.15) is 77.6 Å². The molecule has 318 valence electrons. The lowest BCUT2D eigenvalue weighted by atomic mass is 9.82. The molecule has 1 aliphatic heterocycles. The average Bonchev–Trinajstić information content (AvgIpc) is 3.30. The number of hydrogen-bond donors (Lipinski definition) is 0. The molecule has 61 heavy (non-hydrogen) atoms. The molecule has 1 aliphatic rings. The predicted molar refractivity (Wildman–Crippen MR) is 246 cm³/mol. The number of piperidine rings is 1. The molecule has 2 unspecified atom stereocenters. The first kappa shape index (κ1) is 44.3. The minimum Gasteiger partial charge on any atom is -0.494 e. The molecule has 0 radical (unpaired) electrons. The van der Waals surface area contributed by atoms with Crippen LogP contribution in [-0.4, -0.2) is 49.5 Å². The van der Waals surface area contributed by atoms with Gasteiger partial charge in [-0.15, -0.1) is 0 Å². The summed E-state index contributed by atoms with van der Waals surface area (Å²) in [7, 11) is 2.24. The van der Waals surface area contributed by atoms with Gasteiger partial charge in [-0.2, -0.15) is 0 Å². The van der Waals surface area contributed by atoms with Crippen LogP contribution in [0, 0.1) is 0 Å². The lowest BCUT2D eigenvalue weighted by Gasteiger charge is -2.52. The lowest BCUT2D eigenvalue weighted by molar-refractivity contribution is -0.221. The number of ether oxygens (including phenoxy) is 5. The summed E-state index contributed by atoms with van der Waals surface area (Å²) in [4.78, 5) is 2.50. The van der Waals surface area contributed by atoms with Crippen LogP contribution in [0.4, 0.5) is 0 Å². The molecule has 0 amide bonds. The maximum Gasteiger partial charge on any atom is 0.119 e. The van der Waals surface area contributed by atoms with Gasteiger partial charge in [-0.1, -0.05) is 170 Å². The first-order valence-electron chi connectivity index (χ1n) is 21.9. The maximum absolute atomic E-state index is 7.16. The van der Waals surface area contributed by atoms with Gasteiger partial charge in [0, 0.05) is 17.7 Å². The van der Waals surface area contributed by atoms with E-state index in [1.807, 2.05) is 49.4 Å². The lowest BCUT2D eigenvalue weighted by Crippen LogP contribution is -2.63. The predicted octanol–water partition coefficient (Wildman–Crippen LogP) is 12.2. The van der Waals surface area contributed by atoms with Crippen LogP contribution in [0.3, 0.4) is 0 Å². The third-order valence-electron chi connectivity index (χ3n) is 11.6. The molecule has 7 rings (SSSR count). The molecule has 0 N–H and O–H groups in total. The highest BCUT2D eigenvalue weighted by Gasteiger charge is 2.50. The molecule has 0 aromatic heterocycles. The van der Waals surface area contributed by atoms with Crippen LogP contribution in [0.25, 0.3) is 0 Å². The third-order valence-corrected chi connectivity index (χ3v) is 12.0. The van der Waals surface area contributed by atoms with E-state index in [0.29, 0.717) is 39.5 Å². The summed E-state index contributed by atoms with van der Waals surface area (Å²) < 4.78 is 33.2. The van der Waals surface area contributed by atoms with Crippen LogP contribution < -0.4 is 4.74 Å². The maximum atomic E-state index is 7.16. The number of likely N-dealkylation sites (tertiary alicyclic amines) is 1. The van der Waals surface area contributed by atoms with Crippen molar-refractivity contribution in [1.29, 1.82) is 0 Å². The van der Waals surface area contributed by atoms with Crippen molar-refractivity contribution >= 4 is 11.6 Å². The van der Waals surface area contributed by atoms with Gasteiger partial charge in [0.1, 0.15) is 24.1 Å². The van der Waals surface area contributed by atoms with Crippen LogP contribution in [0.2, 0.25) is 5.02 Å². The third kappa shape index (κ3) is 12.9. The van der Waals surface area contributed by atoms with Crippen molar-refractivity contribution in [3.8, 4) is 5.75 Å². The summed E-state index contributed by atoms with van der Waals surface area (Å²) in [6, 6.07) is 56.3. The van der Waals surface area contributed by atoms with Crippen molar-refractivity contribution in [2.24, 2.45) is 0 Å². The van der Waals surface area contributed by atoms with Crippen molar-refractivity contribution in [3.05, 3.63) is 208 Å². The highest BCUT2D eigenvalue weighted by molar-refractivity contribution is 6.31. The summed E-state index contributed by atoms with van der Waals surface area (Å²) in [5.41, 5.74) is 7.91. The first-order valence-corrected chi connectivity index (χ1v) is 22.2. The molecule has 0 spiro atoms. The quantitative estimate of drug-likeness (QED) is 0.0635. The average molecular weight is 839 g/mol. The van der Waals surface area contributed by atoms with Crippen molar-refractivity contribution in [2.45, 2.75) is 95.9 Å². The molecule has 5 atom stereocenters. The Morgan fingerprint density at radius 3 is 1.61 bits per heavy atom.